The molecule has 84 valence electrons. The third kappa shape index (κ3) is 2.46. The molecule has 3 heteroatoms. The average Bonchev–Trinajstić information content (AvgIpc) is 2.61. The maximum Gasteiger partial charge on any atom is 0.177 e. The molecule has 0 bridgehead atoms. The highest BCUT2D eigenvalue weighted by molar-refractivity contribution is 5.92. The van der Waals surface area contributed by atoms with Crippen molar-refractivity contribution in [3.63, 3.8) is 0 Å². The molecule has 0 spiro atoms. The normalized spacial score (nSPS) is 13.2. The lowest BCUT2D eigenvalue weighted by atomic mass is 10.1. The summed E-state index contributed by atoms with van der Waals surface area (Å²) in [6.07, 6.45) is 1.05. The predicted molar refractivity (Wildman–Crippen MR) is 61.3 cm³/mol. The van der Waals surface area contributed by atoms with Gasteiger partial charge in [0, 0.05) is 13.0 Å². The van der Waals surface area contributed by atoms with Crippen LogP contribution < -0.4 is 0 Å². The van der Waals surface area contributed by atoms with Crippen molar-refractivity contribution in [1.82, 2.24) is 9.78 Å². The van der Waals surface area contributed by atoms with Crippen LogP contribution in [0.3, 0.4) is 0 Å². The van der Waals surface area contributed by atoms with Gasteiger partial charge in [-0.3, -0.25) is 9.48 Å². The molecule has 0 radical (unpaired) electrons. The van der Waals surface area contributed by atoms with Crippen LogP contribution in [0.1, 0.15) is 69.2 Å². The Hall–Kier alpha value is -1.12. The van der Waals surface area contributed by atoms with Gasteiger partial charge in [-0.05, 0) is 32.3 Å². The lowest BCUT2D eigenvalue weighted by Gasteiger charge is -2.08. The second-order valence-electron chi connectivity index (χ2n) is 4.36. The minimum absolute atomic E-state index is 0.0887. The number of Topliss-reactive ketones (excluding diaryl/α,β-unsaturated/α-hetero) is 1. The van der Waals surface area contributed by atoms with Crippen molar-refractivity contribution < 1.29 is 4.79 Å². The zero-order valence-corrected chi connectivity index (χ0v) is 10.2. The molecule has 1 heterocycles. The third-order valence-electron chi connectivity index (χ3n) is 2.72. The Bertz CT molecular complexity index is 353. The Balaban J connectivity index is 3.15. The number of nitrogens with zero attached hydrogens (tertiary/aromatic N) is 2. The van der Waals surface area contributed by atoms with E-state index in [4.69, 9.17) is 0 Å². The molecule has 15 heavy (non-hydrogen) atoms. The van der Waals surface area contributed by atoms with E-state index in [1.165, 1.54) is 0 Å². The average molecular weight is 208 g/mol. The number of carbonyl (C=O) groups is 1. The van der Waals surface area contributed by atoms with E-state index >= 15 is 0 Å². The topological polar surface area (TPSA) is 34.9 Å². The summed E-state index contributed by atoms with van der Waals surface area (Å²) in [6.45, 7) is 9.94. The van der Waals surface area contributed by atoms with Crippen LogP contribution in [0.4, 0.5) is 0 Å². The largest absolute Gasteiger partial charge is 0.293 e. The molecule has 0 aliphatic carbocycles. The maximum atomic E-state index is 11.4. The summed E-state index contributed by atoms with van der Waals surface area (Å²) < 4.78 is 1.82. The monoisotopic (exact) mass is 208 g/mol. The van der Waals surface area contributed by atoms with Gasteiger partial charge in [-0.25, -0.2) is 0 Å². The lowest BCUT2D eigenvalue weighted by molar-refractivity contribution is 0.100. The highest BCUT2D eigenvalue weighted by atomic mass is 16.1. The third-order valence-corrected chi connectivity index (χ3v) is 2.72. The van der Waals surface area contributed by atoms with Crippen molar-refractivity contribution in [2.75, 3.05) is 0 Å². The molecular formula is C12H20N2O. The van der Waals surface area contributed by atoms with E-state index < -0.39 is 0 Å². The zero-order valence-electron chi connectivity index (χ0n) is 10.2. The number of carbonyl (C=O) groups excluding carboxylic acids is 1. The van der Waals surface area contributed by atoms with E-state index in [2.05, 4.69) is 18.9 Å². The van der Waals surface area contributed by atoms with Gasteiger partial charge in [-0.2, -0.15) is 5.10 Å². The van der Waals surface area contributed by atoms with Gasteiger partial charge in [0.15, 0.2) is 5.78 Å². The summed E-state index contributed by atoms with van der Waals surface area (Å²) >= 11 is 0. The highest BCUT2D eigenvalue weighted by Gasteiger charge is 2.16. The summed E-state index contributed by atoms with van der Waals surface area (Å²) in [4.78, 5) is 11.4. The van der Waals surface area contributed by atoms with E-state index in [0.29, 0.717) is 5.92 Å². The highest BCUT2D eigenvalue weighted by Crippen LogP contribution is 2.20. The van der Waals surface area contributed by atoms with Crippen LogP contribution in [0.2, 0.25) is 0 Å². The van der Waals surface area contributed by atoms with Crippen molar-refractivity contribution in [3.8, 4) is 0 Å². The fraction of sp³-hybridized carbons (Fsp3) is 0.667. The number of ketones is 1. The van der Waals surface area contributed by atoms with Crippen molar-refractivity contribution >= 4 is 5.78 Å². The smallest absolute Gasteiger partial charge is 0.177 e. The molecule has 0 saturated carbocycles. The fourth-order valence-corrected chi connectivity index (χ4v) is 1.52. The van der Waals surface area contributed by atoms with Crippen molar-refractivity contribution in [1.29, 1.82) is 0 Å². The van der Waals surface area contributed by atoms with Crippen molar-refractivity contribution in [2.24, 2.45) is 0 Å². The quantitative estimate of drug-likeness (QED) is 0.712. The second-order valence-corrected chi connectivity index (χ2v) is 4.36. The molecule has 0 fully saturated rings. The molecule has 1 rings (SSSR count). The van der Waals surface area contributed by atoms with Gasteiger partial charge in [-0.1, -0.05) is 13.8 Å². The minimum atomic E-state index is 0.0887. The maximum absolute atomic E-state index is 11.4. The van der Waals surface area contributed by atoms with Crippen molar-refractivity contribution in [2.45, 2.75) is 53.0 Å². The molecule has 0 N–H and O–H groups in total. The van der Waals surface area contributed by atoms with Gasteiger partial charge < -0.3 is 0 Å². The number of aromatic nitrogens is 2. The summed E-state index contributed by atoms with van der Waals surface area (Å²) in [6, 6.07) is 2.16. The Morgan fingerprint density at radius 3 is 2.40 bits per heavy atom. The molecule has 1 atom stereocenters. The fourth-order valence-electron chi connectivity index (χ4n) is 1.52. The first-order chi connectivity index (χ1) is 6.97. The van der Waals surface area contributed by atoms with E-state index in [-0.39, 0.29) is 11.8 Å². The van der Waals surface area contributed by atoms with E-state index in [0.717, 1.165) is 17.8 Å². The standard InChI is InChI=1S/C12H20N2O/c1-6-9(4)11-7-12(10(5)15)14(13-11)8(2)3/h7-9H,6H2,1-5H3. The van der Waals surface area contributed by atoms with Crippen LogP contribution in [0, 0.1) is 0 Å². The van der Waals surface area contributed by atoms with Crippen LogP contribution in [0.5, 0.6) is 0 Å². The van der Waals surface area contributed by atoms with E-state index in [1.54, 1.807) is 6.92 Å². The van der Waals surface area contributed by atoms with Gasteiger partial charge in [-0.15, -0.1) is 0 Å². The summed E-state index contributed by atoms with van der Waals surface area (Å²) in [5.74, 6) is 0.508. The van der Waals surface area contributed by atoms with E-state index in [1.807, 2.05) is 24.6 Å². The number of hydrogen-bond acceptors (Lipinski definition) is 2. The molecule has 1 aromatic heterocycles. The van der Waals surface area contributed by atoms with Gasteiger partial charge in [0.2, 0.25) is 0 Å². The first-order valence-electron chi connectivity index (χ1n) is 5.57. The predicted octanol–water partition coefficient (Wildman–Crippen LogP) is 3.18. The van der Waals surface area contributed by atoms with Gasteiger partial charge in [0.05, 0.1) is 5.69 Å². The first-order valence-corrected chi connectivity index (χ1v) is 5.57. The van der Waals surface area contributed by atoms with Crippen molar-refractivity contribution in [3.05, 3.63) is 17.5 Å². The summed E-state index contributed by atoms with van der Waals surface area (Å²) in [5, 5.41) is 4.50. The van der Waals surface area contributed by atoms with Crippen LogP contribution in [-0.4, -0.2) is 15.6 Å². The Kier molecular flexibility index (Phi) is 3.66. The lowest BCUT2D eigenvalue weighted by Crippen LogP contribution is -2.10. The molecule has 3 nitrogen and oxygen atoms in total. The second kappa shape index (κ2) is 4.60. The van der Waals surface area contributed by atoms with Gasteiger partial charge >= 0.3 is 0 Å². The zero-order chi connectivity index (χ0) is 11.6. The Morgan fingerprint density at radius 2 is 2.07 bits per heavy atom. The molecule has 0 aromatic carbocycles. The van der Waals surface area contributed by atoms with E-state index in [9.17, 15) is 4.79 Å². The SMILES string of the molecule is CCC(C)c1cc(C(C)=O)n(C(C)C)n1. The summed E-state index contributed by atoms with van der Waals surface area (Å²) in [7, 11) is 0. The first kappa shape index (κ1) is 12.0. The molecule has 0 aliphatic rings. The molecule has 0 amide bonds. The Morgan fingerprint density at radius 1 is 1.47 bits per heavy atom. The molecule has 1 unspecified atom stereocenters. The molecule has 0 aliphatic heterocycles. The van der Waals surface area contributed by atoms with Crippen LogP contribution in [0.25, 0.3) is 0 Å². The number of rotatable bonds is 4. The Labute approximate surface area is 91.5 Å². The van der Waals surface area contributed by atoms with Gasteiger partial charge in [0.1, 0.15) is 5.69 Å². The van der Waals surface area contributed by atoms with Crippen LogP contribution in [-0.2, 0) is 0 Å². The minimum Gasteiger partial charge on any atom is -0.293 e. The van der Waals surface area contributed by atoms with Gasteiger partial charge in [0.25, 0.3) is 0 Å². The van der Waals surface area contributed by atoms with Crippen LogP contribution >= 0.6 is 0 Å². The molecular weight excluding hydrogens is 188 g/mol. The van der Waals surface area contributed by atoms with Crippen LogP contribution in [0.15, 0.2) is 6.07 Å². The summed E-state index contributed by atoms with van der Waals surface area (Å²) in [5.41, 5.74) is 1.75. The number of hydrogen-bond donors (Lipinski definition) is 0. The molecule has 1 aromatic rings. The molecule has 0 saturated heterocycles.